The molecule has 3 aromatic carbocycles. The Morgan fingerprint density at radius 3 is 2.58 bits per heavy atom. The molecule has 4 aromatic rings. The zero-order valence-corrected chi connectivity index (χ0v) is 18.4. The van der Waals surface area contributed by atoms with Gasteiger partial charge in [0.2, 0.25) is 0 Å². The molecule has 1 aromatic heterocycles. The van der Waals surface area contributed by atoms with Gasteiger partial charge in [-0.25, -0.2) is 10.4 Å². The molecule has 0 radical (unpaired) electrons. The van der Waals surface area contributed by atoms with Gasteiger partial charge in [-0.2, -0.15) is 5.10 Å². The number of hydrogen-bond donors (Lipinski definition) is 1. The van der Waals surface area contributed by atoms with E-state index in [4.69, 9.17) is 4.98 Å². The standard InChI is InChI=1S/C25H24N4OS/c1-18-11-13-20(14-12-18)16-29-23-10-6-5-9-22(23)27-25(29)31-17-24(30)28-26-15-21-8-4-3-7-19(21)2/h3-15H,16-17H2,1-2H3,(H,28,30)/b26-15-. The van der Waals surface area contributed by atoms with E-state index in [-0.39, 0.29) is 11.7 Å². The largest absolute Gasteiger partial charge is 0.314 e. The number of benzene rings is 3. The van der Waals surface area contributed by atoms with Crippen molar-refractivity contribution in [3.8, 4) is 0 Å². The number of hydrazone groups is 1. The van der Waals surface area contributed by atoms with Crippen LogP contribution < -0.4 is 5.43 Å². The molecule has 31 heavy (non-hydrogen) atoms. The number of aryl methyl sites for hydroxylation is 2. The molecule has 0 aliphatic rings. The molecule has 0 aliphatic carbocycles. The van der Waals surface area contributed by atoms with Gasteiger partial charge in [-0.15, -0.1) is 0 Å². The highest BCUT2D eigenvalue weighted by Gasteiger charge is 2.13. The van der Waals surface area contributed by atoms with Crippen LogP contribution in [0.25, 0.3) is 11.0 Å². The maximum absolute atomic E-state index is 12.3. The smallest absolute Gasteiger partial charge is 0.250 e. The summed E-state index contributed by atoms with van der Waals surface area (Å²) in [5.74, 6) is 0.0753. The summed E-state index contributed by atoms with van der Waals surface area (Å²) in [5, 5.41) is 4.91. The molecule has 156 valence electrons. The highest BCUT2D eigenvalue weighted by Crippen LogP contribution is 2.25. The van der Waals surface area contributed by atoms with Gasteiger partial charge in [0.25, 0.3) is 5.91 Å². The fourth-order valence-corrected chi connectivity index (χ4v) is 4.07. The Morgan fingerprint density at radius 2 is 1.77 bits per heavy atom. The quantitative estimate of drug-likeness (QED) is 0.258. The lowest BCUT2D eigenvalue weighted by Gasteiger charge is -2.09. The lowest BCUT2D eigenvalue weighted by Crippen LogP contribution is -2.20. The highest BCUT2D eigenvalue weighted by atomic mass is 32.2. The van der Waals surface area contributed by atoms with E-state index in [0.29, 0.717) is 6.54 Å². The Kier molecular flexibility index (Phi) is 6.48. The van der Waals surface area contributed by atoms with Crippen LogP contribution in [0, 0.1) is 13.8 Å². The first-order valence-electron chi connectivity index (χ1n) is 10.1. The minimum Gasteiger partial charge on any atom is -0.314 e. The fourth-order valence-electron chi connectivity index (χ4n) is 3.26. The molecule has 0 fully saturated rings. The Morgan fingerprint density at radius 1 is 1.03 bits per heavy atom. The minimum absolute atomic E-state index is 0.163. The molecule has 0 bridgehead atoms. The summed E-state index contributed by atoms with van der Waals surface area (Å²) in [7, 11) is 0. The van der Waals surface area contributed by atoms with Crippen molar-refractivity contribution < 1.29 is 4.79 Å². The average Bonchev–Trinajstić information content (AvgIpc) is 3.12. The van der Waals surface area contributed by atoms with Crippen LogP contribution in [0.2, 0.25) is 0 Å². The van der Waals surface area contributed by atoms with E-state index in [9.17, 15) is 4.79 Å². The number of nitrogens with zero attached hydrogens (tertiary/aromatic N) is 3. The number of rotatable bonds is 7. The first-order chi connectivity index (χ1) is 15.1. The number of thioether (sulfide) groups is 1. The van der Waals surface area contributed by atoms with Crippen LogP contribution in [-0.4, -0.2) is 27.4 Å². The summed E-state index contributed by atoms with van der Waals surface area (Å²) in [6.45, 7) is 4.80. The van der Waals surface area contributed by atoms with Crippen molar-refractivity contribution in [1.29, 1.82) is 0 Å². The second kappa shape index (κ2) is 9.62. The molecule has 5 nitrogen and oxygen atoms in total. The zero-order chi connectivity index (χ0) is 21.6. The Balaban J connectivity index is 1.46. The number of nitrogens with one attached hydrogen (secondary N) is 1. The Hall–Kier alpha value is -3.38. The Bertz CT molecular complexity index is 1230. The van der Waals surface area contributed by atoms with Crippen molar-refractivity contribution >= 4 is 34.9 Å². The Labute approximate surface area is 186 Å². The van der Waals surface area contributed by atoms with Gasteiger partial charge in [0.1, 0.15) is 0 Å². The summed E-state index contributed by atoms with van der Waals surface area (Å²) in [4.78, 5) is 17.1. The van der Waals surface area contributed by atoms with Crippen molar-refractivity contribution in [1.82, 2.24) is 15.0 Å². The van der Waals surface area contributed by atoms with E-state index < -0.39 is 0 Å². The molecule has 6 heteroatoms. The third kappa shape index (κ3) is 5.22. The highest BCUT2D eigenvalue weighted by molar-refractivity contribution is 7.99. The number of fused-ring (bicyclic) bond motifs is 1. The molecule has 0 saturated heterocycles. The number of hydrogen-bond acceptors (Lipinski definition) is 4. The molecular weight excluding hydrogens is 404 g/mol. The van der Waals surface area contributed by atoms with Crippen LogP contribution in [0.1, 0.15) is 22.3 Å². The van der Waals surface area contributed by atoms with Crippen molar-refractivity contribution in [3.63, 3.8) is 0 Å². The predicted octanol–water partition coefficient (Wildman–Crippen LogP) is 4.94. The van der Waals surface area contributed by atoms with Gasteiger partial charge >= 0.3 is 0 Å². The summed E-state index contributed by atoms with van der Waals surface area (Å²) in [5.41, 5.74) is 9.12. The summed E-state index contributed by atoms with van der Waals surface area (Å²) < 4.78 is 2.16. The second-order valence-electron chi connectivity index (χ2n) is 7.39. The molecule has 1 N–H and O–H groups in total. The van der Waals surface area contributed by atoms with Gasteiger partial charge in [-0.05, 0) is 42.7 Å². The third-order valence-corrected chi connectivity index (χ3v) is 5.97. The summed E-state index contributed by atoms with van der Waals surface area (Å²) >= 11 is 1.42. The van der Waals surface area contributed by atoms with Crippen LogP contribution in [-0.2, 0) is 11.3 Å². The molecule has 4 rings (SSSR count). The van der Waals surface area contributed by atoms with Gasteiger partial charge in [-0.3, -0.25) is 4.79 Å². The lowest BCUT2D eigenvalue weighted by molar-refractivity contribution is -0.118. The molecule has 0 spiro atoms. The van der Waals surface area contributed by atoms with Gasteiger partial charge < -0.3 is 4.57 Å². The van der Waals surface area contributed by atoms with Crippen LogP contribution in [0.3, 0.4) is 0 Å². The van der Waals surface area contributed by atoms with E-state index in [0.717, 1.165) is 27.3 Å². The number of imidazole rings is 1. The third-order valence-electron chi connectivity index (χ3n) is 4.99. The first-order valence-corrected chi connectivity index (χ1v) is 11.1. The van der Waals surface area contributed by atoms with E-state index in [1.54, 1.807) is 6.21 Å². The lowest BCUT2D eigenvalue weighted by atomic mass is 10.1. The van der Waals surface area contributed by atoms with Crippen molar-refractivity contribution in [3.05, 3.63) is 95.1 Å². The molecule has 0 atom stereocenters. The van der Waals surface area contributed by atoms with E-state index in [1.165, 1.54) is 22.9 Å². The van der Waals surface area contributed by atoms with Gasteiger partial charge in [0.05, 0.1) is 29.5 Å². The van der Waals surface area contributed by atoms with Crippen LogP contribution in [0.4, 0.5) is 0 Å². The number of carbonyl (C=O) groups is 1. The maximum atomic E-state index is 12.3. The molecular formula is C25H24N4OS. The molecule has 0 aliphatic heterocycles. The van der Waals surface area contributed by atoms with Crippen LogP contribution >= 0.6 is 11.8 Å². The number of para-hydroxylation sites is 2. The zero-order valence-electron chi connectivity index (χ0n) is 17.6. The number of carbonyl (C=O) groups excluding carboxylic acids is 1. The summed E-state index contributed by atoms with van der Waals surface area (Å²) in [6, 6.07) is 24.4. The van der Waals surface area contributed by atoms with Crippen molar-refractivity contribution in [2.75, 3.05) is 5.75 Å². The van der Waals surface area contributed by atoms with Crippen molar-refractivity contribution in [2.45, 2.75) is 25.5 Å². The van der Waals surface area contributed by atoms with E-state index >= 15 is 0 Å². The molecule has 1 amide bonds. The monoisotopic (exact) mass is 428 g/mol. The van der Waals surface area contributed by atoms with Crippen molar-refractivity contribution in [2.24, 2.45) is 5.10 Å². The van der Waals surface area contributed by atoms with Gasteiger partial charge in [-0.1, -0.05) is 78.0 Å². The minimum atomic E-state index is -0.163. The molecule has 1 heterocycles. The van der Waals surface area contributed by atoms with E-state index in [2.05, 4.69) is 52.3 Å². The molecule has 0 saturated carbocycles. The van der Waals surface area contributed by atoms with Crippen LogP contribution in [0.5, 0.6) is 0 Å². The predicted molar refractivity (Wildman–Crippen MR) is 128 cm³/mol. The number of aromatic nitrogens is 2. The maximum Gasteiger partial charge on any atom is 0.250 e. The first kappa shape index (κ1) is 20.9. The van der Waals surface area contributed by atoms with E-state index in [1.807, 2.05) is 49.4 Å². The van der Waals surface area contributed by atoms with Gasteiger partial charge in [0.15, 0.2) is 5.16 Å². The average molecular weight is 429 g/mol. The number of amides is 1. The van der Waals surface area contributed by atoms with Crippen LogP contribution in [0.15, 0.2) is 83.1 Å². The topological polar surface area (TPSA) is 59.3 Å². The molecule has 0 unspecified atom stereocenters. The fraction of sp³-hybridized carbons (Fsp3) is 0.160. The summed E-state index contributed by atoms with van der Waals surface area (Å²) in [6.07, 6.45) is 1.67. The van der Waals surface area contributed by atoms with Gasteiger partial charge in [0, 0.05) is 0 Å². The normalized spacial score (nSPS) is 11.3. The SMILES string of the molecule is Cc1ccc(Cn2c(SCC(=O)N/N=C\c3ccccc3C)nc3ccccc32)cc1. The second-order valence-corrected chi connectivity index (χ2v) is 8.34.